The van der Waals surface area contributed by atoms with Gasteiger partial charge in [0, 0.05) is 28.9 Å². The predicted molar refractivity (Wildman–Crippen MR) is 130 cm³/mol. The van der Waals surface area contributed by atoms with Crippen molar-refractivity contribution in [3.8, 4) is 0 Å². The van der Waals surface area contributed by atoms with E-state index in [9.17, 15) is 0 Å². The molecule has 6 aromatic carbocycles. The van der Waals surface area contributed by atoms with E-state index in [4.69, 9.17) is 0 Å². The van der Waals surface area contributed by atoms with Gasteiger partial charge >= 0.3 is 0 Å². The lowest BCUT2D eigenvalue weighted by atomic mass is 9.99. The topological polar surface area (TPSA) is 4.93 Å². The molecule has 1 heteroatoms. The quantitative estimate of drug-likeness (QED) is 0.235. The van der Waals surface area contributed by atoms with Crippen LogP contribution in [0.5, 0.6) is 0 Å². The van der Waals surface area contributed by atoms with Crippen molar-refractivity contribution in [1.82, 2.24) is 4.57 Å². The van der Waals surface area contributed by atoms with Crippen molar-refractivity contribution in [2.75, 3.05) is 0 Å². The Bertz CT molecular complexity index is 1670. The van der Waals surface area contributed by atoms with Crippen molar-refractivity contribution in [2.24, 2.45) is 7.05 Å². The molecule has 0 bridgehead atoms. The van der Waals surface area contributed by atoms with E-state index >= 15 is 0 Å². The standard InChI is InChI=1S/C29H19N/c1-30-28-16-24-12-20-8-4-2-6-18(20)10-22(24)14-26(28)27-15-23-11-19-7-3-5-9-21(19)13-25(23)17-29(27)30/h2-17H,1H3. The molecular formula is C29H19N. The molecule has 0 aliphatic heterocycles. The minimum absolute atomic E-state index is 1.28. The molecule has 1 heterocycles. The van der Waals surface area contributed by atoms with Crippen LogP contribution in [0.2, 0.25) is 0 Å². The first-order valence-electron chi connectivity index (χ1n) is 10.4. The van der Waals surface area contributed by atoms with Crippen LogP contribution in [0.3, 0.4) is 0 Å². The summed E-state index contributed by atoms with van der Waals surface area (Å²) < 4.78 is 2.34. The van der Waals surface area contributed by atoms with Crippen molar-refractivity contribution in [1.29, 1.82) is 0 Å². The molecule has 0 unspecified atom stereocenters. The zero-order valence-electron chi connectivity index (χ0n) is 16.7. The second kappa shape index (κ2) is 5.61. The Morgan fingerprint density at radius 2 is 0.733 bits per heavy atom. The number of benzene rings is 6. The number of nitrogens with zero attached hydrogens (tertiary/aromatic N) is 1. The molecule has 1 nitrogen and oxygen atoms in total. The lowest BCUT2D eigenvalue weighted by Gasteiger charge is -2.04. The van der Waals surface area contributed by atoms with Crippen LogP contribution < -0.4 is 0 Å². The average molecular weight is 381 g/mol. The van der Waals surface area contributed by atoms with Gasteiger partial charge in [-0.1, -0.05) is 48.5 Å². The van der Waals surface area contributed by atoms with E-state index in [1.54, 1.807) is 0 Å². The fraction of sp³-hybridized carbons (Fsp3) is 0.0345. The summed E-state index contributed by atoms with van der Waals surface area (Å²) in [6, 6.07) is 35.9. The summed E-state index contributed by atoms with van der Waals surface area (Å²) in [5.74, 6) is 0. The zero-order chi connectivity index (χ0) is 19.8. The molecule has 0 atom stereocenters. The van der Waals surface area contributed by atoms with Crippen LogP contribution in [-0.2, 0) is 7.05 Å². The minimum Gasteiger partial charge on any atom is -0.344 e. The van der Waals surface area contributed by atoms with Gasteiger partial charge in [0.2, 0.25) is 0 Å². The third kappa shape index (κ3) is 2.12. The molecule has 0 saturated heterocycles. The van der Waals surface area contributed by atoms with Crippen molar-refractivity contribution < 1.29 is 0 Å². The normalized spacial score (nSPS) is 12.2. The minimum atomic E-state index is 1.28. The smallest absolute Gasteiger partial charge is 0.0495 e. The first-order valence-corrected chi connectivity index (χ1v) is 10.4. The summed E-state index contributed by atoms with van der Waals surface area (Å²) in [5, 5.41) is 13.0. The van der Waals surface area contributed by atoms with Gasteiger partial charge in [-0.15, -0.1) is 0 Å². The number of hydrogen-bond donors (Lipinski definition) is 0. The summed E-state index contributed by atoms with van der Waals surface area (Å²) in [5.41, 5.74) is 2.57. The summed E-state index contributed by atoms with van der Waals surface area (Å²) in [7, 11) is 2.18. The summed E-state index contributed by atoms with van der Waals surface area (Å²) in [6.07, 6.45) is 0. The Labute approximate surface area is 173 Å². The molecule has 1 aromatic heterocycles. The maximum Gasteiger partial charge on any atom is 0.0495 e. The van der Waals surface area contributed by atoms with E-state index in [0.29, 0.717) is 0 Å². The molecule has 0 spiro atoms. The predicted octanol–water partition coefficient (Wildman–Crippen LogP) is 7.94. The number of rotatable bonds is 0. The lowest BCUT2D eigenvalue weighted by Crippen LogP contribution is -1.87. The first kappa shape index (κ1) is 16.0. The Kier molecular flexibility index (Phi) is 2.99. The van der Waals surface area contributed by atoms with Crippen molar-refractivity contribution in [2.45, 2.75) is 0 Å². The Balaban J connectivity index is 1.63. The van der Waals surface area contributed by atoms with Gasteiger partial charge in [0.1, 0.15) is 0 Å². The summed E-state index contributed by atoms with van der Waals surface area (Å²) >= 11 is 0. The second-order valence-electron chi connectivity index (χ2n) is 8.39. The molecule has 0 aliphatic carbocycles. The molecule has 0 N–H and O–H groups in total. The van der Waals surface area contributed by atoms with Crippen LogP contribution >= 0.6 is 0 Å². The van der Waals surface area contributed by atoms with Gasteiger partial charge in [-0.3, -0.25) is 0 Å². The van der Waals surface area contributed by atoms with Gasteiger partial charge in [-0.25, -0.2) is 0 Å². The Morgan fingerprint density at radius 1 is 0.400 bits per heavy atom. The van der Waals surface area contributed by atoms with Gasteiger partial charge in [0.25, 0.3) is 0 Å². The van der Waals surface area contributed by atoms with Crippen LogP contribution in [0.25, 0.3) is 64.9 Å². The monoisotopic (exact) mass is 381 g/mol. The highest BCUT2D eigenvalue weighted by Crippen LogP contribution is 2.36. The van der Waals surface area contributed by atoms with E-state index in [0.717, 1.165) is 0 Å². The van der Waals surface area contributed by atoms with Gasteiger partial charge in [0.15, 0.2) is 0 Å². The van der Waals surface area contributed by atoms with Crippen LogP contribution in [0, 0.1) is 0 Å². The first-order chi connectivity index (χ1) is 14.7. The van der Waals surface area contributed by atoms with Gasteiger partial charge < -0.3 is 4.57 Å². The number of fused-ring (bicyclic) bond motifs is 7. The third-order valence-electron chi connectivity index (χ3n) is 6.65. The molecular weight excluding hydrogens is 362 g/mol. The van der Waals surface area contributed by atoms with E-state index < -0.39 is 0 Å². The molecule has 0 amide bonds. The zero-order valence-corrected chi connectivity index (χ0v) is 16.7. The highest BCUT2D eigenvalue weighted by molar-refractivity contribution is 6.17. The Hall–Kier alpha value is -3.84. The highest BCUT2D eigenvalue weighted by Gasteiger charge is 2.12. The maximum atomic E-state index is 2.37. The van der Waals surface area contributed by atoms with Crippen molar-refractivity contribution >= 4 is 64.9 Å². The summed E-state index contributed by atoms with van der Waals surface area (Å²) in [6.45, 7) is 0. The SMILES string of the molecule is Cn1c2cc3cc4ccccc4cc3cc2c2cc3cc4ccccc4cc3cc21. The van der Waals surface area contributed by atoms with E-state index in [2.05, 4.69) is 109 Å². The number of aryl methyl sites for hydroxylation is 1. The fourth-order valence-corrected chi connectivity index (χ4v) is 5.08. The van der Waals surface area contributed by atoms with Gasteiger partial charge in [-0.05, 0) is 91.6 Å². The Morgan fingerprint density at radius 3 is 1.10 bits per heavy atom. The van der Waals surface area contributed by atoms with Gasteiger partial charge in [0.05, 0.1) is 0 Å². The largest absolute Gasteiger partial charge is 0.344 e. The molecule has 140 valence electrons. The summed E-state index contributed by atoms with van der Waals surface area (Å²) in [4.78, 5) is 0. The average Bonchev–Trinajstić information content (AvgIpc) is 3.03. The van der Waals surface area contributed by atoms with Gasteiger partial charge in [-0.2, -0.15) is 0 Å². The third-order valence-corrected chi connectivity index (χ3v) is 6.65. The van der Waals surface area contributed by atoms with E-state index in [-0.39, 0.29) is 0 Å². The number of hydrogen-bond acceptors (Lipinski definition) is 0. The van der Waals surface area contributed by atoms with Crippen LogP contribution in [0.15, 0.2) is 97.1 Å². The van der Waals surface area contributed by atoms with Crippen LogP contribution in [0.4, 0.5) is 0 Å². The molecule has 0 fully saturated rings. The maximum absolute atomic E-state index is 2.37. The molecule has 0 saturated carbocycles. The van der Waals surface area contributed by atoms with Crippen molar-refractivity contribution in [3.63, 3.8) is 0 Å². The molecule has 7 aromatic rings. The molecule has 7 rings (SSSR count). The fourth-order valence-electron chi connectivity index (χ4n) is 5.08. The highest BCUT2D eigenvalue weighted by atomic mass is 14.9. The van der Waals surface area contributed by atoms with E-state index in [1.165, 1.54) is 64.9 Å². The van der Waals surface area contributed by atoms with Crippen LogP contribution in [0.1, 0.15) is 0 Å². The second-order valence-corrected chi connectivity index (χ2v) is 8.39. The molecule has 0 radical (unpaired) electrons. The van der Waals surface area contributed by atoms with Crippen molar-refractivity contribution in [3.05, 3.63) is 97.1 Å². The number of aromatic nitrogens is 1. The lowest BCUT2D eigenvalue weighted by molar-refractivity contribution is 1.02. The molecule has 0 aliphatic rings. The van der Waals surface area contributed by atoms with E-state index in [1.807, 2.05) is 0 Å². The molecule has 30 heavy (non-hydrogen) atoms. The van der Waals surface area contributed by atoms with Crippen LogP contribution in [-0.4, -0.2) is 4.57 Å².